The molecule has 3 saturated carbocycles. The van der Waals surface area contributed by atoms with Gasteiger partial charge in [-0.25, -0.2) is 0 Å². The van der Waals surface area contributed by atoms with Crippen molar-refractivity contribution in [2.75, 3.05) is 24.5 Å². The fraction of sp³-hybridized carbons (Fsp3) is 0.652. The summed E-state index contributed by atoms with van der Waals surface area (Å²) < 4.78 is 5.88. The number of amides is 1. The van der Waals surface area contributed by atoms with Gasteiger partial charge in [0, 0.05) is 25.6 Å². The third-order valence-corrected chi connectivity index (χ3v) is 7.96. The Kier molecular flexibility index (Phi) is 4.37. The molecule has 3 aliphatic carbocycles. The summed E-state index contributed by atoms with van der Waals surface area (Å²) >= 11 is 0. The van der Waals surface area contributed by atoms with Gasteiger partial charge in [0.25, 0.3) is 6.01 Å². The van der Waals surface area contributed by atoms with E-state index in [1.54, 1.807) is 0 Å². The van der Waals surface area contributed by atoms with Gasteiger partial charge in [0.2, 0.25) is 5.91 Å². The van der Waals surface area contributed by atoms with E-state index in [9.17, 15) is 4.79 Å². The van der Waals surface area contributed by atoms with Crippen molar-refractivity contribution in [2.24, 2.45) is 29.1 Å². The van der Waals surface area contributed by atoms with Crippen LogP contribution in [0.3, 0.4) is 0 Å². The summed E-state index contributed by atoms with van der Waals surface area (Å²) in [5.41, 5.74) is 2.20. The highest BCUT2D eigenvalue weighted by atomic mass is 16.4. The predicted molar refractivity (Wildman–Crippen MR) is 110 cm³/mol. The number of para-hydroxylation sites is 2. The average Bonchev–Trinajstić information content (AvgIpc) is 3.16. The second-order valence-electron chi connectivity index (χ2n) is 9.67. The second kappa shape index (κ2) is 6.78. The Hall–Kier alpha value is -2.04. The Labute approximate surface area is 166 Å². The largest absolute Gasteiger partial charge is 0.423 e. The lowest BCUT2D eigenvalue weighted by molar-refractivity contribution is -0.128. The highest BCUT2D eigenvalue weighted by molar-refractivity contribution is 5.79. The minimum Gasteiger partial charge on any atom is -0.423 e. The van der Waals surface area contributed by atoms with Crippen LogP contribution in [-0.4, -0.2) is 30.5 Å². The Balaban J connectivity index is 1.13. The van der Waals surface area contributed by atoms with Gasteiger partial charge < -0.3 is 14.6 Å². The summed E-state index contributed by atoms with van der Waals surface area (Å²) in [6, 6.07) is 8.54. The summed E-state index contributed by atoms with van der Waals surface area (Å²) in [5.74, 6) is 2.75. The van der Waals surface area contributed by atoms with Gasteiger partial charge in [-0.3, -0.25) is 4.79 Å². The van der Waals surface area contributed by atoms with Crippen molar-refractivity contribution in [3.8, 4) is 0 Å². The number of oxazole rings is 1. The van der Waals surface area contributed by atoms with Crippen LogP contribution in [0.15, 0.2) is 28.7 Å². The molecule has 3 atom stereocenters. The van der Waals surface area contributed by atoms with Crippen molar-refractivity contribution >= 4 is 23.0 Å². The molecule has 1 aliphatic heterocycles. The predicted octanol–water partition coefficient (Wildman–Crippen LogP) is 4.23. The van der Waals surface area contributed by atoms with E-state index in [0.29, 0.717) is 17.3 Å². The fourth-order valence-electron chi connectivity index (χ4n) is 5.91. The number of carbonyl (C=O) groups is 1. The second-order valence-corrected chi connectivity index (χ2v) is 9.67. The molecule has 1 aromatic carbocycles. The number of hydrogen-bond donors (Lipinski definition) is 1. The van der Waals surface area contributed by atoms with Crippen molar-refractivity contribution < 1.29 is 9.21 Å². The molecule has 5 nitrogen and oxygen atoms in total. The molecule has 0 radical (unpaired) electrons. The van der Waals surface area contributed by atoms with Crippen LogP contribution >= 0.6 is 0 Å². The molecule has 2 heterocycles. The summed E-state index contributed by atoms with van der Waals surface area (Å²) in [4.78, 5) is 19.5. The first-order valence-corrected chi connectivity index (χ1v) is 10.9. The SMILES string of the molecule is CC1(C)[C@H]2CC[C@@H](CNC(=O)C3CCN(c4nc5ccccc5o4)CC3)[C@H]1C2. The number of aromatic nitrogens is 1. The van der Waals surface area contributed by atoms with Crippen LogP contribution in [0.25, 0.3) is 11.1 Å². The molecule has 4 fully saturated rings. The van der Waals surface area contributed by atoms with E-state index in [1.807, 2.05) is 24.3 Å². The molecule has 1 aromatic heterocycles. The van der Waals surface area contributed by atoms with Crippen molar-refractivity contribution in [1.82, 2.24) is 10.3 Å². The van der Waals surface area contributed by atoms with E-state index in [0.717, 1.165) is 55.4 Å². The first-order chi connectivity index (χ1) is 13.5. The van der Waals surface area contributed by atoms with Gasteiger partial charge in [-0.2, -0.15) is 4.98 Å². The Morgan fingerprint density at radius 3 is 2.71 bits per heavy atom. The molecule has 5 heteroatoms. The van der Waals surface area contributed by atoms with Gasteiger partial charge in [0.05, 0.1) is 0 Å². The van der Waals surface area contributed by atoms with Gasteiger partial charge in [-0.05, 0) is 67.4 Å². The highest BCUT2D eigenvalue weighted by Crippen LogP contribution is 2.61. The highest BCUT2D eigenvalue weighted by Gasteiger charge is 2.53. The molecular formula is C23H31N3O2. The molecule has 0 spiro atoms. The fourth-order valence-corrected chi connectivity index (χ4v) is 5.91. The molecule has 2 aromatic rings. The maximum atomic E-state index is 12.7. The van der Waals surface area contributed by atoms with Crippen LogP contribution in [0.2, 0.25) is 0 Å². The summed E-state index contributed by atoms with van der Waals surface area (Å²) in [6.45, 7) is 7.35. The lowest BCUT2D eigenvalue weighted by Crippen LogP contribution is -2.55. The van der Waals surface area contributed by atoms with Crippen molar-refractivity contribution in [2.45, 2.75) is 46.0 Å². The number of fused-ring (bicyclic) bond motifs is 3. The van der Waals surface area contributed by atoms with Crippen molar-refractivity contribution in [1.29, 1.82) is 0 Å². The molecule has 28 heavy (non-hydrogen) atoms. The number of carbonyl (C=O) groups excluding carboxylic acids is 1. The Bertz CT molecular complexity index is 831. The monoisotopic (exact) mass is 381 g/mol. The van der Waals surface area contributed by atoms with Crippen LogP contribution in [0, 0.1) is 29.1 Å². The van der Waals surface area contributed by atoms with Gasteiger partial charge in [-0.1, -0.05) is 26.0 Å². The zero-order chi connectivity index (χ0) is 19.3. The smallest absolute Gasteiger partial charge is 0.298 e. The van der Waals surface area contributed by atoms with Crippen molar-refractivity contribution in [3.05, 3.63) is 24.3 Å². The molecule has 0 unspecified atom stereocenters. The number of hydrogen-bond acceptors (Lipinski definition) is 4. The molecule has 1 amide bonds. The minimum atomic E-state index is 0.117. The standard InChI is InChI=1S/C23H31N3O2/c1-23(2)17-8-7-16(18(23)13-17)14-24-21(27)15-9-11-26(12-10-15)22-25-19-5-3-4-6-20(19)28-22/h3-6,15-18H,7-14H2,1-2H3,(H,24,27)/t16-,17-,18+/m0/s1. The molecule has 1 saturated heterocycles. The maximum absolute atomic E-state index is 12.7. The van der Waals surface area contributed by atoms with Crippen LogP contribution in [0.4, 0.5) is 6.01 Å². The Morgan fingerprint density at radius 2 is 2.00 bits per heavy atom. The van der Waals surface area contributed by atoms with E-state index in [2.05, 4.69) is 29.0 Å². The summed E-state index contributed by atoms with van der Waals surface area (Å²) in [6.07, 6.45) is 5.73. The van der Waals surface area contributed by atoms with E-state index in [1.165, 1.54) is 19.3 Å². The summed E-state index contributed by atoms with van der Waals surface area (Å²) in [7, 11) is 0. The lowest BCUT2D eigenvalue weighted by atomic mass is 9.45. The minimum absolute atomic E-state index is 0.117. The number of benzene rings is 1. The van der Waals surface area contributed by atoms with E-state index >= 15 is 0 Å². The quantitative estimate of drug-likeness (QED) is 0.861. The number of anilines is 1. The molecule has 6 rings (SSSR count). The van der Waals surface area contributed by atoms with Crippen LogP contribution in [0.1, 0.15) is 46.0 Å². The maximum Gasteiger partial charge on any atom is 0.298 e. The number of nitrogens with zero attached hydrogens (tertiary/aromatic N) is 2. The first kappa shape index (κ1) is 18.0. The van der Waals surface area contributed by atoms with Crippen molar-refractivity contribution in [3.63, 3.8) is 0 Å². The first-order valence-electron chi connectivity index (χ1n) is 10.9. The van der Waals surface area contributed by atoms with Gasteiger partial charge >= 0.3 is 0 Å². The third kappa shape index (κ3) is 2.99. The zero-order valence-corrected chi connectivity index (χ0v) is 17.0. The Morgan fingerprint density at radius 1 is 1.21 bits per heavy atom. The van der Waals surface area contributed by atoms with Gasteiger partial charge in [0.1, 0.15) is 5.52 Å². The number of piperidine rings is 1. The van der Waals surface area contributed by atoms with Crippen LogP contribution in [0.5, 0.6) is 0 Å². The van der Waals surface area contributed by atoms with Gasteiger partial charge in [0.15, 0.2) is 5.58 Å². The number of rotatable bonds is 4. The molecular weight excluding hydrogens is 350 g/mol. The number of nitrogens with one attached hydrogen (secondary N) is 1. The zero-order valence-electron chi connectivity index (χ0n) is 17.0. The molecule has 1 N–H and O–H groups in total. The van der Waals surface area contributed by atoms with E-state index < -0.39 is 0 Å². The normalized spacial score (nSPS) is 29.5. The molecule has 4 aliphatic rings. The van der Waals surface area contributed by atoms with E-state index in [-0.39, 0.29) is 11.8 Å². The van der Waals surface area contributed by atoms with E-state index in [4.69, 9.17) is 4.42 Å². The molecule has 150 valence electrons. The average molecular weight is 382 g/mol. The topological polar surface area (TPSA) is 58.4 Å². The van der Waals surface area contributed by atoms with Crippen LogP contribution in [-0.2, 0) is 4.79 Å². The summed E-state index contributed by atoms with van der Waals surface area (Å²) in [5, 5.41) is 3.29. The molecule has 2 bridgehead atoms. The lowest BCUT2D eigenvalue weighted by Gasteiger charge is -2.60. The van der Waals surface area contributed by atoms with Crippen LogP contribution < -0.4 is 10.2 Å². The van der Waals surface area contributed by atoms with Gasteiger partial charge in [-0.15, -0.1) is 0 Å². The third-order valence-electron chi connectivity index (χ3n) is 7.96.